The second-order valence-electron chi connectivity index (χ2n) is 24.1. The van der Waals surface area contributed by atoms with Crippen molar-refractivity contribution >= 4 is 64.8 Å². The van der Waals surface area contributed by atoms with E-state index >= 15 is 0 Å². The summed E-state index contributed by atoms with van der Waals surface area (Å²) in [6.07, 6.45) is 7.50. The molecule has 0 spiro atoms. The Bertz CT molecular complexity index is 2990. The Morgan fingerprint density at radius 3 is 2.15 bits per heavy atom. The zero-order chi connectivity index (χ0) is 67.4. The molecule has 498 valence electrons. The van der Waals surface area contributed by atoms with Gasteiger partial charge < -0.3 is 59.2 Å². The molecule has 1 aliphatic rings. The van der Waals surface area contributed by atoms with Crippen LogP contribution in [0.1, 0.15) is 129 Å². The first-order valence-electron chi connectivity index (χ1n) is 31.3. The Labute approximate surface area is 537 Å². The average molecular weight is 1260 g/mol. The van der Waals surface area contributed by atoms with Crippen molar-refractivity contribution in [3.63, 3.8) is 0 Å². The van der Waals surface area contributed by atoms with Crippen molar-refractivity contribution in [1.29, 1.82) is 0 Å². The Morgan fingerprint density at radius 2 is 1.49 bits per heavy atom. The molecule has 22 heteroatoms. The molecule has 4 rings (SSSR count). The van der Waals surface area contributed by atoms with E-state index in [0.29, 0.717) is 68.0 Å². The van der Waals surface area contributed by atoms with Crippen LogP contribution < -0.4 is 25.4 Å². The summed E-state index contributed by atoms with van der Waals surface area (Å²) in [4.78, 5) is 143. The Kier molecular flexibility index (Phi) is 31.1. The van der Waals surface area contributed by atoms with Crippen LogP contribution in [0.15, 0.2) is 97.6 Å². The molecule has 6 atom stereocenters. The van der Waals surface area contributed by atoms with Gasteiger partial charge in [-0.3, -0.25) is 38.4 Å². The predicted molar refractivity (Wildman–Crippen MR) is 345 cm³/mol. The molecular weight excluding hydrogens is 1170 g/mol. The van der Waals surface area contributed by atoms with Crippen LogP contribution in [0.2, 0.25) is 0 Å². The SMILES string of the molecule is C=CC(=O)OCC(C)(C)C(=O)C(=O)N1CCCCC1C(=O)O[C@H](CCc1ccc(OC)c(OC)c1)c1cccc(NC(=O)CCC(=O)N(C)C(CC(C)C)C(=O)N[C@H](Cc2ccccc2)C(=O)N(C)C(C(=O)NCC(=O)N(C)CC/C=C\CCOC)C(C)CC)c1. The lowest BCUT2D eigenvalue weighted by Crippen LogP contribution is -2.59. The van der Waals surface area contributed by atoms with E-state index in [1.807, 2.05) is 82.3 Å². The van der Waals surface area contributed by atoms with Gasteiger partial charge in [-0.1, -0.05) is 101 Å². The molecule has 0 aliphatic carbocycles. The number of ether oxygens (including phenoxy) is 5. The highest BCUT2D eigenvalue weighted by Crippen LogP contribution is 2.33. The van der Waals surface area contributed by atoms with E-state index in [4.69, 9.17) is 23.7 Å². The number of benzene rings is 3. The minimum atomic E-state index is -1.41. The van der Waals surface area contributed by atoms with Gasteiger partial charge in [-0.05, 0) is 118 Å². The molecular formula is C69H97N7O15. The van der Waals surface area contributed by atoms with Gasteiger partial charge in [-0.2, -0.15) is 0 Å². The van der Waals surface area contributed by atoms with Crippen LogP contribution in [-0.4, -0.2) is 178 Å². The van der Waals surface area contributed by atoms with Crippen molar-refractivity contribution in [3.8, 4) is 11.5 Å². The molecule has 1 heterocycles. The van der Waals surface area contributed by atoms with Crippen LogP contribution in [0.4, 0.5) is 5.69 Å². The number of amides is 7. The fraction of sp³-hybridized carbons (Fsp3) is 0.536. The first-order chi connectivity index (χ1) is 43.3. The summed E-state index contributed by atoms with van der Waals surface area (Å²) in [5, 5.41) is 8.54. The summed E-state index contributed by atoms with van der Waals surface area (Å²) in [6.45, 7) is 14.3. The number of hydrogen-bond donors (Lipinski definition) is 3. The van der Waals surface area contributed by atoms with Crippen LogP contribution in [-0.2, 0) is 75.0 Å². The van der Waals surface area contributed by atoms with E-state index in [9.17, 15) is 47.9 Å². The maximum atomic E-state index is 14.8. The van der Waals surface area contributed by atoms with Crippen LogP contribution in [0, 0.1) is 17.3 Å². The number of anilines is 1. The van der Waals surface area contributed by atoms with Crippen LogP contribution in [0.25, 0.3) is 0 Å². The maximum Gasteiger partial charge on any atom is 0.330 e. The topological polar surface area (TPSA) is 266 Å². The lowest BCUT2D eigenvalue weighted by atomic mass is 9.87. The number of rotatable bonds is 37. The summed E-state index contributed by atoms with van der Waals surface area (Å²) < 4.78 is 27.4. The smallest absolute Gasteiger partial charge is 0.330 e. The number of carbonyl (C=O) groups excluding carboxylic acids is 10. The molecule has 0 radical (unpaired) electrons. The highest BCUT2D eigenvalue weighted by molar-refractivity contribution is 6.38. The quantitative estimate of drug-likeness (QED) is 0.0167. The van der Waals surface area contributed by atoms with Crippen molar-refractivity contribution in [3.05, 3.63) is 114 Å². The largest absolute Gasteiger partial charge is 0.493 e. The number of Topliss-reactive ketones (excluding diaryl/α,β-unsaturated/α-hetero) is 1. The van der Waals surface area contributed by atoms with Crippen molar-refractivity contribution in [1.82, 2.24) is 30.2 Å². The number of carbonyl (C=O) groups is 10. The van der Waals surface area contributed by atoms with Gasteiger partial charge in [0, 0.05) is 79.0 Å². The highest BCUT2D eigenvalue weighted by Gasteiger charge is 2.43. The molecule has 0 saturated carbocycles. The second kappa shape index (κ2) is 37.7. The van der Waals surface area contributed by atoms with E-state index in [0.717, 1.165) is 23.6 Å². The number of aryl methyl sites for hydroxylation is 1. The Balaban J connectivity index is 1.52. The Hall–Kier alpha value is -8.40. The third-order valence-corrected chi connectivity index (χ3v) is 16.2. The summed E-state index contributed by atoms with van der Waals surface area (Å²) in [7, 11) is 9.32. The molecule has 0 bridgehead atoms. The average Bonchev–Trinajstić information content (AvgIpc) is 2.01. The number of ketones is 1. The van der Waals surface area contributed by atoms with Gasteiger partial charge >= 0.3 is 11.9 Å². The standard InChI is InChI=1S/C69H97N7O15/c1-14-47(5)62(65(83)70-44-60(79)73(8)37-22-16-17-24-39-87-11)75(10)66(84)52(41-48-26-19-18-20-27-48)72-64(82)54(40-46(3)4)74(9)59(78)36-35-58(77)71-51-29-25-28-50(43-51)55(33-31-49-32-34-56(88-12)57(42-49)89-13)91-68(86)53-30-21-23-38-76(53)67(85)63(81)69(6,7)45-90-61(80)15-2/h15-20,25-29,32,34,42-43,46-47,52-55,62H,2,14,21-24,30-31,33,35-41,44-45H2,1,3-13H3,(H,70,83)(H,71,77)(H,72,82)/b17-16-/t47?,52-,53?,54?,55-,62?/m1/s1. The Morgan fingerprint density at radius 1 is 0.791 bits per heavy atom. The van der Waals surface area contributed by atoms with Crippen molar-refractivity contribution in [2.24, 2.45) is 17.3 Å². The zero-order valence-corrected chi connectivity index (χ0v) is 55.3. The van der Waals surface area contributed by atoms with Gasteiger partial charge in [0.1, 0.15) is 36.9 Å². The number of hydrogen-bond acceptors (Lipinski definition) is 15. The molecule has 7 amide bonds. The predicted octanol–water partition coefficient (Wildman–Crippen LogP) is 7.38. The zero-order valence-electron chi connectivity index (χ0n) is 55.3. The number of likely N-dealkylation sites (tertiary alicyclic amines) is 1. The molecule has 1 aliphatic heterocycles. The van der Waals surface area contributed by atoms with E-state index in [1.165, 1.54) is 61.8 Å². The van der Waals surface area contributed by atoms with Gasteiger partial charge in [-0.25, -0.2) is 9.59 Å². The van der Waals surface area contributed by atoms with Gasteiger partial charge in [0.05, 0.1) is 26.2 Å². The minimum absolute atomic E-state index is 0.0580. The fourth-order valence-electron chi connectivity index (χ4n) is 10.5. The molecule has 3 N–H and O–H groups in total. The number of esters is 2. The number of piperidine rings is 1. The molecule has 22 nitrogen and oxygen atoms in total. The van der Waals surface area contributed by atoms with E-state index in [2.05, 4.69) is 22.5 Å². The number of methoxy groups -OCH3 is 3. The molecule has 0 aromatic heterocycles. The van der Waals surface area contributed by atoms with Gasteiger partial charge in [0.2, 0.25) is 41.2 Å². The van der Waals surface area contributed by atoms with Crippen molar-refractivity contribution < 1.29 is 71.6 Å². The second-order valence-corrected chi connectivity index (χ2v) is 24.1. The third kappa shape index (κ3) is 23.4. The van der Waals surface area contributed by atoms with Crippen LogP contribution >= 0.6 is 0 Å². The number of nitrogens with one attached hydrogen (secondary N) is 3. The first kappa shape index (κ1) is 75.1. The normalized spacial score (nSPS) is 14.8. The summed E-state index contributed by atoms with van der Waals surface area (Å²) in [5.41, 5.74) is 0.977. The third-order valence-electron chi connectivity index (χ3n) is 16.2. The molecule has 3 aromatic rings. The summed E-state index contributed by atoms with van der Waals surface area (Å²) in [5.74, 6) is -5.69. The molecule has 91 heavy (non-hydrogen) atoms. The lowest BCUT2D eigenvalue weighted by molar-refractivity contribution is -0.165. The van der Waals surface area contributed by atoms with E-state index in [-0.39, 0.29) is 76.0 Å². The van der Waals surface area contributed by atoms with Crippen LogP contribution in [0.3, 0.4) is 0 Å². The van der Waals surface area contributed by atoms with Gasteiger partial charge in [0.15, 0.2) is 11.5 Å². The highest BCUT2D eigenvalue weighted by atomic mass is 16.5. The summed E-state index contributed by atoms with van der Waals surface area (Å²) >= 11 is 0. The summed E-state index contributed by atoms with van der Waals surface area (Å²) in [6, 6.07) is 16.8. The van der Waals surface area contributed by atoms with Gasteiger partial charge in [0.25, 0.3) is 5.91 Å². The number of likely N-dealkylation sites (N-methyl/N-ethyl adjacent to an activating group) is 3. The van der Waals surface area contributed by atoms with E-state index < -0.39 is 88.9 Å². The first-order valence-corrected chi connectivity index (χ1v) is 31.3. The monoisotopic (exact) mass is 1260 g/mol. The molecule has 1 saturated heterocycles. The molecule has 3 aromatic carbocycles. The fourth-order valence-corrected chi connectivity index (χ4v) is 10.5. The molecule has 1 fully saturated rings. The molecule has 4 unspecified atom stereocenters. The minimum Gasteiger partial charge on any atom is -0.493 e. The van der Waals surface area contributed by atoms with Crippen molar-refractivity contribution in [2.75, 3.05) is 80.6 Å². The lowest BCUT2D eigenvalue weighted by Gasteiger charge is -2.36. The number of nitrogens with zero attached hydrogens (tertiary/aromatic N) is 4. The van der Waals surface area contributed by atoms with Crippen molar-refractivity contribution in [2.45, 2.75) is 149 Å². The van der Waals surface area contributed by atoms with Gasteiger partial charge in [-0.15, -0.1) is 0 Å². The van der Waals surface area contributed by atoms with E-state index in [1.54, 1.807) is 44.5 Å². The van der Waals surface area contributed by atoms with Crippen LogP contribution in [0.5, 0.6) is 11.5 Å². The maximum absolute atomic E-state index is 14.8.